The zero-order valence-electron chi connectivity index (χ0n) is 7.50. The van der Waals surface area contributed by atoms with Crippen molar-refractivity contribution in [3.8, 4) is 0 Å². The average Bonchev–Trinajstić information content (AvgIpc) is 2.67. The molecular formula is C10H10N2S2. The van der Waals surface area contributed by atoms with Crippen molar-refractivity contribution in [1.82, 2.24) is 5.01 Å². The molecule has 0 saturated carbocycles. The molecule has 1 heterocycles. The first-order valence-corrected chi connectivity index (χ1v) is 5.24. The van der Waals surface area contributed by atoms with Crippen LogP contribution in [0.15, 0.2) is 35.4 Å². The van der Waals surface area contributed by atoms with Crippen molar-refractivity contribution < 1.29 is 0 Å². The first-order chi connectivity index (χ1) is 6.79. The van der Waals surface area contributed by atoms with Gasteiger partial charge in [0.05, 0.1) is 6.04 Å². The lowest BCUT2D eigenvalue weighted by molar-refractivity contribution is 0.383. The standard InChI is InChI=1S/C10H10N2S2/c13-10(14)12-9(6-7-11-12)8-4-2-1-3-5-8/h1-5,7,9H,6H2,(H,13,14). The largest absolute Gasteiger partial charge is 0.241 e. The molecule has 0 fully saturated rings. The number of hydrazone groups is 1. The van der Waals surface area contributed by atoms with Crippen LogP contribution in [0.4, 0.5) is 0 Å². The van der Waals surface area contributed by atoms with Crippen molar-refractivity contribution in [1.29, 1.82) is 0 Å². The van der Waals surface area contributed by atoms with Gasteiger partial charge >= 0.3 is 0 Å². The van der Waals surface area contributed by atoms with Crippen LogP contribution in [0.5, 0.6) is 0 Å². The second-order valence-electron chi connectivity index (χ2n) is 3.09. The van der Waals surface area contributed by atoms with Crippen LogP contribution >= 0.6 is 24.8 Å². The number of rotatable bonds is 1. The molecule has 0 N–H and O–H groups in total. The molecule has 2 nitrogen and oxygen atoms in total. The highest BCUT2D eigenvalue weighted by Crippen LogP contribution is 2.28. The van der Waals surface area contributed by atoms with E-state index in [1.54, 1.807) is 5.01 Å². The van der Waals surface area contributed by atoms with Gasteiger partial charge in [0.15, 0.2) is 4.32 Å². The second kappa shape index (κ2) is 4.11. The molecule has 1 aromatic carbocycles. The topological polar surface area (TPSA) is 15.6 Å². The number of thiol groups is 1. The smallest absolute Gasteiger partial charge is 0.154 e. The zero-order valence-corrected chi connectivity index (χ0v) is 9.21. The summed E-state index contributed by atoms with van der Waals surface area (Å²) >= 11 is 9.16. The molecule has 0 spiro atoms. The van der Waals surface area contributed by atoms with Crippen molar-refractivity contribution in [2.75, 3.05) is 0 Å². The normalized spacial score (nSPS) is 20.1. The van der Waals surface area contributed by atoms with Gasteiger partial charge in [-0.25, -0.2) is 5.01 Å². The molecule has 1 unspecified atom stereocenters. The van der Waals surface area contributed by atoms with Crippen LogP contribution in [-0.4, -0.2) is 15.5 Å². The summed E-state index contributed by atoms with van der Waals surface area (Å²) in [6, 6.07) is 10.4. The number of nitrogens with zero attached hydrogens (tertiary/aromatic N) is 2. The lowest BCUT2D eigenvalue weighted by Gasteiger charge is -2.21. The molecule has 2 rings (SSSR count). The highest BCUT2D eigenvalue weighted by atomic mass is 32.1. The molecule has 1 aliphatic rings. The van der Waals surface area contributed by atoms with Crippen LogP contribution in [0.3, 0.4) is 0 Å². The molecule has 0 radical (unpaired) electrons. The monoisotopic (exact) mass is 222 g/mol. The van der Waals surface area contributed by atoms with E-state index in [4.69, 9.17) is 12.2 Å². The molecule has 14 heavy (non-hydrogen) atoms. The fourth-order valence-electron chi connectivity index (χ4n) is 1.55. The lowest BCUT2D eigenvalue weighted by Crippen LogP contribution is -2.21. The fourth-order valence-corrected chi connectivity index (χ4v) is 1.92. The third-order valence-corrected chi connectivity index (χ3v) is 2.60. The number of hydrogen-bond acceptors (Lipinski definition) is 2. The van der Waals surface area contributed by atoms with Gasteiger partial charge in [-0.1, -0.05) is 42.5 Å². The summed E-state index contributed by atoms with van der Waals surface area (Å²) in [5.41, 5.74) is 1.22. The Labute approximate surface area is 94.0 Å². The Morgan fingerprint density at radius 1 is 1.43 bits per heavy atom. The Hall–Kier alpha value is -0.870. The minimum atomic E-state index is 0.223. The fraction of sp³-hybridized carbons (Fsp3) is 0.200. The first-order valence-electron chi connectivity index (χ1n) is 4.38. The van der Waals surface area contributed by atoms with Crippen molar-refractivity contribution in [3.63, 3.8) is 0 Å². The quantitative estimate of drug-likeness (QED) is 0.580. The summed E-state index contributed by atoms with van der Waals surface area (Å²) in [5.74, 6) is 0. The molecule has 1 aliphatic heterocycles. The minimum Gasteiger partial charge on any atom is -0.241 e. The third-order valence-electron chi connectivity index (χ3n) is 2.21. The van der Waals surface area contributed by atoms with Crippen molar-refractivity contribution in [2.45, 2.75) is 12.5 Å². The van der Waals surface area contributed by atoms with Crippen molar-refractivity contribution in [3.05, 3.63) is 35.9 Å². The van der Waals surface area contributed by atoms with Crippen molar-refractivity contribution >= 4 is 35.4 Å². The Bertz CT molecular complexity index is 362. The lowest BCUT2D eigenvalue weighted by atomic mass is 10.1. The van der Waals surface area contributed by atoms with Crippen LogP contribution in [0.25, 0.3) is 0 Å². The van der Waals surface area contributed by atoms with Gasteiger partial charge in [-0.3, -0.25) is 0 Å². The molecule has 0 bridgehead atoms. The van der Waals surface area contributed by atoms with E-state index >= 15 is 0 Å². The Morgan fingerprint density at radius 3 is 2.79 bits per heavy atom. The van der Waals surface area contributed by atoms with E-state index < -0.39 is 0 Å². The SMILES string of the molecule is S=C(S)N1N=CCC1c1ccccc1. The van der Waals surface area contributed by atoms with Crippen LogP contribution in [0, 0.1) is 0 Å². The van der Waals surface area contributed by atoms with Crippen LogP contribution in [0.2, 0.25) is 0 Å². The van der Waals surface area contributed by atoms with Gasteiger partial charge in [0.1, 0.15) is 0 Å². The molecule has 0 saturated heterocycles. The van der Waals surface area contributed by atoms with E-state index in [-0.39, 0.29) is 6.04 Å². The second-order valence-corrected chi connectivity index (χ2v) is 4.20. The summed E-state index contributed by atoms with van der Waals surface area (Å²) < 4.78 is 0.521. The van der Waals surface area contributed by atoms with Gasteiger partial charge in [-0.15, -0.1) is 12.6 Å². The number of benzene rings is 1. The molecule has 0 amide bonds. The number of thiocarbonyl (C=S) groups is 1. The average molecular weight is 222 g/mol. The van der Waals surface area contributed by atoms with E-state index in [2.05, 4.69) is 29.9 Å². The predicted molar refractivity (Wildman–Crippen MR) is 65.7 cm³/mol. The van der Waals surface area contributed by atoms with Gasteiger partial charge in [-0.05, 0) is 5.56 Å². The van der Waals surface area contributed by atoms with Gasteiger partial charge in [0.25, 0.3) is 0 Å². The van der Waals surface area contributed by atoms with E-state index in [0.717, 1.165) is 6.42 Å². The van der Waals surface area contributed by atoms with E-state index in [1.807, 2.05) is 24.4 Å². The van der Waals surface area contributed by atoms with Gasteiger partial charge in [0, 0.05) is 12.6 Å². The van der Waals surface area contributed by atoms with Gasteiger partial charge in [-0.2, -0.15) is 5.10 Å². The van der Waals surface area contributed by atoms with E-state index in [1.165, 1.54) is 5.56 Å². The highest BCUT2D eigenvalue weighted by molar-refractivity contribution is 8.10. The molecule has 1 atom stereocenters. The van der Waals surface area contributed by atoms with E-state index in [9.17, 15) is 0 Å². The third kappa shape index (κ3) is 1.81. The predicted octanol–water partition coefficient (Wildman–Crippen LogP) is 2.63. The first kappa shape index (κ1) is 9.68. The molecule has 72 valence electrons. The Morgan fingerprint density at radius 2 is 2.14 bits per heavy atom. The van der Waals surface area contributed by atoms with E-state index in [0.29, 0.717) is 4.32 Å². The summed E-state index contributed by atoms with van der Waals surface area (Å²) in [4.78, 5) is 0. The summed E-state index contributed by atoms with van der Waals surface area (Å²) in [7, 11) is 0. The molecular weight excluding hydrogens is 212 g/mol. The maximum Gasteiger partial charge on any atom is 0.154 e. The Kier molecular flexibility index (Phi) is 2.84. The molecule has 0 aliphatic carbocycles. The van der Waals surface area contributed by atoms with Crippen LogP contribution in [-0.2, 0) is 0 Å². The number of hydrogen-bond donors (Lipinski definition) is 1. The summed E-state index contributed by atoms with van der Waals surface area (Å²) in [6.07, 6.45) is 2.77. The molecule has 1 aromatic rings. The molecule has 4 heteroatoms. The molecule has 0 aromatic heterocycles. The van der Waals surface area contributed by atoms with Gasteiger partial charge in [0.2, 0.25) is 0 Å². The van der Waals surface area contributed by atoms with Gasteiger partial charge < -0.3 is 0 Å². The Balaban J connectivity index is 2.24. The maximum atomic E-state index is 5.01. The highest BCUT2D eigenvalue weighted by Gasteiger charge is 2.23. The van der Waals surface area contributed by atoms with Crippen LogP contribution < -0.4 is 0 Å². The minimum absolute atomic E-state index is 0.223. The summed E-state index contributed by atoms with van der Waals surface area (Å²) in [6.45, 7) is 0. The van der Waals surface area contributed by atoms with Crippen LogP contribution in [0.1, 0.15) is 18.0 Å². The van der Waals surface area contributed by atoms with Crippen molar-refractivity contribution in [2.24, 2.45) is 5.10 Å². The zero-order chi connectivity index (χ0) is 9.97. The maximum absolute atomic E-state index is 5.01. The summed E-state index contributed by atoms with van der Waals surface area (Å²) in [5, 5.41) is 5.96.